The SMILES string of the molecule is C#CC1(O)CCN(C(=O)CC)CC1. The average molecular weight is 181 g/mol. The molecule has 0 aromatic carbocycles. The molecule has 0 bridgehead atoms. The number of likely N-dealkylation sites (tertiary alicyclic amines) is 1. The van der Waals surface area contributed by atoms with Crippen molar-refractivity contribution in [2.24, 2.45) is 0 Å². The number of piperidine rings is 1. The first kappa shape index (κ1) is 10.1. The number of aliphatic hydroxyl groups is 1. The molecule has 0 atom stereocenters. The van der Waals surface area contributed by atoms with Crippen LogP contribution < -0.4 is 0 Å². The van der Waals surface area contributed by atoms with Crippen LogP contribution in [-0.4, -0.2) is 34.6 Å². The van der Waals surface area contributed by atoms with Gasteiger partial charge in [-0.25, -0.2) is 0 Å². The first-order valence-electron chi connectivity index (χ1n) is 4.59. The van der Waals surface area contributed by atoms with Gasteiger partial charge in [0.2, 0.25) is 5.91 Å². The van der Waals surface area contributed by atoms with Crippen LogP contribution in [0, 0.1) is 12.3 Å². The molecule has 3 nitrogen and oxygen atoms in total. The van der Waals surface area contributed by atoms with Gasteiger partial charge in [0.05, 0.1) is 0 Å². The van der Waals surface area contributed by atoms with Gasteiger partial charge in [0, 0.05) is 32.4 Å². The summed E-state index contributed by atoms with van der Waals surface area (Å²) < 4.78 is 0. The maximum atomic E-state index is 11.3. The first-order valence-corrected chi connectivity index (χ1v) is 4.59. The molecule has 0 radical (unpaired) electrons. The van der Waals surface area contributed by atoms with E-state index < -0.39 is 5.60 Å². The molecular formula is C10H15NO2. The minimum Gasteiger partial charge on any atom is -0.377 e. The summed E-state index contributed by atoms with van der Waals surface area (Å²) in [6, 6.07) is 0. The molecule has 1 heterocycles. The molecule has 1 saturated heterocycles. The van der Waals surface area contributed by atoms with E-state index >= 15 is 0 Å². The predicted octanol–water partition coefficient (Wildman–Crippen LogP) is 0.383. The maximum Gasteiger partial charge on any atom is 0.222 e. The number of hydrogen-bond acceptors (Lipinski definition) is 2. The Morgan fingerprint density at radius 1 is 1.62 bits per heavy atom. The molecule has 0 saturated carbocycles. The van der Waals surface area contributed by atoms with Crippen LogP contribution in [0.2, 0.25) is 0 Å². The second kappa shape index (κ2) is 3.80. The van der Waals surface area contributed by atoms with Crippen molar-refractivity contribution in [2.75, 3.05) is 13.1 Å². The van der Waals surface area contributed by atoms with Gasteiger partial charge < -0.3 is 10.0 Å². The zero-order valence-electron chi connectivity index (χ0n) is 7.92. The van der Waals surface area contributed by atoms with E-state index in [9.17, 15) is 9.90 Å². The predicted molar refractivity (Wildman–Crippen MR) is 49.9 cm³/mol. The second-order valence-electron chi connectivity index (χ2n) is 3.41. The summed E-state index contributed by atoms with van der Waals surface area (Å²) in [6.45, 7) is 2.99. The lowest BCUT2D eigenvalue weighted by Gasteiger charge is -2.34. The van der Waals surface area contributed by atoms with E-state index in [1.54, 1.807) is 4.90 Å². The number of hydrogen-bond donors (Lipinski definition) is 1. The van der Waals surface area contributed by atoms with Crippen molar-refractivity contribution in [1.29, 1.82) is 0 Å². The van der Waals surface area contributed by atoms with Gasteiger partial charge in [-0.15, -0.1) is 6.42 Å². The van der Waals surface area contributed by atoms with E-state index in [0.717, 1.165) is 0 Å². The van der Waals surface area contributed by atoms with E-state index in [-0.39, 0.29) is 5.91 Å². The summed E-state index contributed by atoms with van der Waals surface area (Å²) in [6.07, 6.45) is 6.70. The molecule has 3 heteroatoms. The molecule has 13 heavy (non-hydrogen) atoms. The van der Waals surface area contributed by atoms with Crippen molar-refractivity contribution in [3.8, 4) is 12.3 Å². The highest BCUT2D eigenvalue weighted by atomic mass is 16.3. The summed E-state index contributed by atoms with van der Waals surface area (Å²) in [5.41, 5.74) is -0.982. The number of terminal acetylenes is 1. The fourth-order valence-corrected chi connectivity index (χ4v) is 1.49. The van der Waals surface area contributed by atoms with Gasteiger partial charge in [0.25, 0.3) is 0 Å². The van der Waals surface area contributed by atoms with Gasteiger partial charge in [-0.3, -0.25) is 4.79 Å². The molecule has 0 aromatic heterocycles. The number of rotatable bonds is 1. The van der Waals surface area contributed by atoms with Crippen molar-refractivity contribution in [3.63, 3.8) is 0 Å². The summed E-state index contributed by atoms with van der Waals surface area (Å²) in [5.74, 6) is 2.51. The van der Waals surface area contributed by atoms with Gasteiger partial charge >= 0.3 is 0 Å². The smallest absolute Gasteiger partial charge is 0.222 e. The van der Waals surface area contributed by atoms with Crippen LogP contribution in [0.15, 0.2) is 0 Å². The number of carbonyl (C=O) groups is 1. The summed E-state index contributed by atoms with van der Waals surface area (Å²) in [5, 5.41) is 9.68. The Balaban J connectivity index is 2.49. The Bertz CT molecular complexity index is 234. The van der Waals surface area contributed by atoms with Crippen molar-refractivity contribution in [3.05, 3.63) is 0 Å². The minimum absolute atomic E-state index is 0.138. The fraction of sp³-hybridized carbons (Fsp3) is 0.700. The molecule has 0 unspecified atom stereocenters. The van der Waals surface area contributed by atoms with Crippen LogP contribution in [0.5, 0.6) is 0 Å². The van der Waals surface area contributed by atoms with Crippen molar-refractivity contribution in [1.82, 2.24) is 4.90 Å². The quantitative estimate of drug-likeness (QED) is 0.594. The third-order valence-corrected chi connectivity index (χ3v) is 2.51. The maximum absolute atomic E-state index is 11.3. The standard InChI is InChI=1S/C10H15NO2/c1-3-9(12)11-7-5-10(13,4-2)6-8-11/h2,13H,3,5-8H2,1H3. The lowest BCUT2D eigenvalue weighted by atomic mass is 9.92. The van der Waals surface area contributed by atoms with Crippen LogP contribution >= 0.6 is 0 Å². The molecule has 1 amide bonds. The average Bonchev–Trinajstić information content (AvgIpc) is 2.18. The zero-order valence-corrected chi connectivity index (χ0v) is 7.92. The largest absolute Gasteiger partial charge is 0.377 e. The highest BCUT2D eigenvalue weighted by molar-refractivity contribution is 5.75. The Morgan fingerprint density at radius 2 is 2.15 bits per heavy atom. The van der Waals surface area contributed by atoms with E-state index in [1.807, 2.05) is 6.92 Å². The summed E-state index contributed by atoms with van der Waals surface area (Å²) in [4.78, 5) is 13.0. The Morgan fingerprint density at radius 3 is 2.54 bits per heavy atom. The molecule has 0 aliphatic carbocycles. The summed E-state index contributed by atoms with van der Waals surface area (Å²) >= 11 is 0. The van der Waals surface area contributed by atoms with E-state index in [2.05, 4.69) is 5.92 Å². The molecule has 1 aliphatic rings. The van der Waals surface area contributed by atoms with Gasteiger partial charge in [0.15, 0.2) is 0 Å². The third kappa shape index (κ3) is 2.22. The van der Waals surface area contributed by atoms with E-state index in [0.29, 0.717) is 32.4 Å². The molecule has 0 aromatic rings. The lowest BCUT2D eigenvalue weighted by molar-refractivity contribution is -0.133. The monoisotopic (exact) mass is 181 g/mol. The van der Waals surface area contributed by atoms with E-state index in [4.69, 9.17) is 6.42 Å². The molecule has 1 N–H and O–H groups in total. The fourth-order valence-electron chi connectivity index (χ4n) is 1.49. The molecule has 0 spiro atoms. The number of amides is 1. The highest BCUT2D eigenvalue weighted by Gasteiger charge is 2.31. The van der Waals surface area contributed by atoms with E-state index in [1.165, 1.54) is 0 Å². The molecule has 1 aliphatic heterocycles. The van der Waals surface area contributed by atoms with Gasteiger partial charge in [-0.2, -0.15) is 0 Å². The van der Waals surface area contributed by atoms with Crippen molar-refractivity contribution < 1.29 is 9.90 Å². The van der Waals surface area contributed by atoms with Crippen LogP contribution in [0.1, 0.15) is 26.2 Å². The molecule has 1 rings (SSSR count). The Labute approximate surface area is 78.7 Å². The summed E-state index contributed by atoms with van der Waals surface area (Å²) in [7, 11) is 0. The second-order valence-corrected chi connectivity index (χ2v) is 3.41. The first-order chi connectivity index (χ1) is 6.11. The lowest BCUT2D eigenvalue weighted by Crippen LogP contribution is -2.45. The molecule has 1 fully saturated rings. The molecular weight excluding hydrogens is 166 g/mol. The van der Waals surface area contributed by atoms with Crippen LogP contribution in [0.25, 0.3) is 0 Å². The minimum atomic E-state index is -0.982. The van der Waals surface area contributed by atoms with Crippen LogP contribution in [0.4, 0.5) is 0 Å². The zero-order chi connectivity index (χ0) is 9.90. The van der Waals surface area contributed by atoms with Gasteiger partial charge in [0.1, 0.15) is 5.60 Å². The number of carbonyl (C=O) groups excluding carboxylic acids is 1. The van der Waals surface area contributed by atoms with Crippen molar-refractivity contribution in [2.45, 2.75) is 31.8 Å². The number of nitrogens with zero attached hydrogens (tertiary/aromatic N) is 1. The van der Waals surface area contributed by atoms with Crippen LogP contribution in [0.3, 0.4) is 0 Å². The van der Waals surface area contributed by atoms with Gasteiger partial charge in [-0.05, 0) is 0 Å². The normalized spacial score (nSPS) is 20.8. The van der Waals surface area contributed by atoms with Crippen molar-refractivity contribution >= 4 is 5.91 Å². The molecule has 72 valence electrons. The topological polar surface area (TPSA) is 40.5 Å². The third-order valence-electron chi connectivity index (χ3n) is 2.51. The Hall–Kier alpha value is -1.01. The van der Waals surface area contributed by atoms with Gasteiger partial charge in [-0.1, -0.05) is 12.8 Å². The highest BCUT2D eigenvalue weighted by Crippen LogP contribution is 2.21. The Kier molecular flexibility index (Phi) is 2.94. The van der Waals surface area contributed by atoms with Crippen LogP contribution in [-0.2, 0) is 4.79 Å².